The fraction of sp³-hybridized carbons (Fsp3) is 1.00. The highest BCUT2D eigenvalue weighted by Crippen LogP contribution is 2.42. The lowest BCUT2D eigenvalue weighted by molar-refractivity contribution is -0.123. The molecule has 0 atom stereocenters. The lowest BCUT2D eigenvalue weighted by atomic mass is 9.80. The Balaban J connectivity index is 2.19. The van der Waals surface area contributed by atoms with Crippen molar-refractivity contribution < 1.29 is 4.74 Å². The quantitative estimate of drug-likeness (QED) is 0.596. The van der Waals surface area contributed by atoms with Crippen LogP contribution in [0.15, 0.2) is 0 Å². The average molecular weight is 169 g/mol. The van der Waals surface area contributed by atoms with Gasteiger partial charge in [0.15, 0.2) is 0 Å². The van der Waals surface area contributed by atoms with E-state index in [4.69, 9.17) is 4.74 Å². The predicted molar refractivity (Wildman–Crippen MR) is 49.2 cm³/mol. The summed E-state index contributed by atoms with van der Waals surface area (Å²) in [6, 6.07) is 0. The minimum Gasteiger partial charge on any atom is -0.372 e. The minimum atomic E-state index is 0.158. The van der Waals surface area contributed by atoms with Gasteiger partial charge in [0, 0.05) is 12.1 Å². The minimum absolute atomic E-state index is 0.158. The molecule has 0 unspecified atom stereocenters. The Kier molecular flexibility index (Phi) is 1.92. The van der Waals surface area contributed by atoms with E-state index < -0.39 is 0 Å². The van der Waals surface area contributed by atoms with Crippen LogP contribution < -0.4 is 5.32 Å². The van der Waals surface area contributed by atoms with Crippen molar-refractivity contribution in [2.45, 2.75) is 50.7 Å². The van der Waals surface area contributed by atoms with E-state index in [0.29, 0.717) is 0 Å². The third kappa shape index (κ3) is 1.09. The van der Waals surface area contributed by atoms with E-state index in [2.05, 4.69) is 19.2 Å². The van der Waals surface area contributed by atoms with E-state index in [1.54, 1.807) is 0 Å². The largest absolute Gasteiger partial charge is 0.372 e. The summed E-state index contributed by atoms with van der Waals surface area (Å²) < 4.78 is 5.98. The molecule has 1 heterocycles. The second kappa shape index (κ2) is 2.71. The molecule has 1 aliphatic heterocycles. The average Bonchev–Trinajstić information content (AvgIpc) is 2.46. The summed E-state index contributed by atoms with van der Waals surface area (Å²) in [7, 11) is 0. The number of nitrogens with one attached hydrogen (secondary N) is 1. The molecule has 70 valence electrons. The number of hydrogen-bond donors (Lipinski definition) is 1. The number of morpholine rings is 1. The smallest absolute Gasteiger partial charge is 0.0858 e. The summed E-state index contributed by atoms with van der Waals surface area (Å²) in [6.45, 7) is 6.45. The molecule has 0 aromatic heterocycles. The first-order valence-electron chi connectivity index (χ1n) is 5.05. The molecule has 2 fully saturated rings. The first-order valence-corrected chi connectivity index (χ1v) is 5.05. The van der Waals surface area contributed by atoms with Crippen molar-refractivity contribution in [3.8, 4) is 0 Å². The van der Waals surface area contributed by atoms with Crippen LogP contribution >= 0.6 is 0 Å². The molecule has 0 bridgehead atoms. The van der Waals surface area contributed by atoms with Gasteiger partial charge in [-0.05, 0) is 26.7 Å². The number of hydrogen-bond acceptors (Lipinski definition) is 2. The third-order valence-corrected chi connectivity index (χ3v) is 3.60. The maximum atomic E-state index is 5.98. The van der Waals surface area contributed by atoms with Gasteiger partial charge in [0.05, 0.1) is 12.2 Å². The summed E-state index contributed by atoms with van der Waals surface area (Å²) in [6.07, 6.45) is 5.16. The normalized spacial score (nSPS) is 32.5. The molecule has 2 rings (SSSR count). The van der Waals surface area contributed by atoms with Crippen molar-refractivity contribution in [3.05, 3.63) is 0 Å². The van der Waals surface area contributed by atoms with E-state index >= 15 is 0 Å². The van der Waals surface area contributed by atoms with Crippen LogP contribution in [0.5, 0.6) is 0 Å². The number of rotatable bonds is 0. The molecule has 0 amide bonds. The van der Waals surface area contributed by atoms with Crippen LogP contribution in [0.4, 0.5) is 0 Å². The Hall–Kier alpha value is -0.0800. The first kappa shape index (κ1) is 8.52. The van der Waals surface area contributed by atoms with Gasteiger partial charge in [0.25, 0.3) is 0 Å². The highest BCUT2D eigenvalue weighted by Gasteiger charge is 2.49. The van der Waals surface area contributed by atoms with Gasteiger partial charge in [-0.25, -0.2) is 0 Å². The summed E-state index contributed by atoms with van der Waals surface area (Å²) in [5, 5.41) is 3.57. The number of ether oxygens (including phenoxy) is 1. The van der Waals surface area contributed by atoms with Crippen molar-refractivity contribution in [1.29, 1.82) is 0 Å². The van der Waals surface area contributed by atoms with Gasteiger partial charge in [0.2, 0.25) is 0 Å². The third-order valence-electron chi connectivity index (χ3n) is 3.60. The van der Waals surface area contributed by atoms with E-state index in [1.807, 2.05) is 0 Å². The maximum absolute atomic E-state index is 5.98. The SMILES string of the molecule is CC1(C)NCCOC12CCCC2. The lowest BCUT2D eigenvalue weighted by Crippen LogP contribution is -2.63. The van der Waals surface area contributed by atoms with Crippen molar-refractivity contribution in [2.24, 2.45) is 0 Å². The van der Waals surface area contributed by atoms with Gasteiger partial charge < -0.3 is 10.1 Å². The fourth-order valence-electron chi connectivity index (χ4n) is 2.67. The van der Waals surface area contributed by atoms with Gasteiger partial charge in [-0.3, -0.25) is 0 Å². The molecular weight excluding hydrogens is 150 g/mol. The topological polar surface area (TPSA) is 21.3 Å². The van der Waals surface area contributed by atoms with Gasteiger partial charge in [-0.15, -0.1) is 0 Å². The van der Waals surface area contributed by atoms with Crippen LogP contribution in [0.3, 0.4) is 0 Å². The Bertz CT molecular complexity index is 171. The Morgan fingerprint density at radius 3 is 2.42 bits per heavy atom. The molecule has 1 saturated heterocycles. The zero-order chi connectivity index (χ0) is 8.66. The molecule has 12 heavy (non-hydrogen) atoms. The van der Waals surface area contributed by atoms with Crippen LogP contribution in [-0.2, 0) is 4.74 Å². The molecule has 0 radical (unpaired) electrons. The summed E-state index contributed by atoms with van der Waals surface area (Å²) in [4.78, 5) is 0. The van der Waals surface area contributed by atoms with Gasteiger partial charge in [0.1, 0.15) is 0 Å². The van der Waals surface area contributed by atoms with E-state index in [1.165, 1.54) is 25.7 Å². The van der Waals surface area contributed by atoms with E-state index in [9.17, 15) is 0 Å². The maximum Gasteiger partial charge on any atom is 0.0858 e. The molecule has 1 N–H and O–H groups in total. The highest BCUT2D eigenvalue weighted by atomic mass is 16.5. The fourth-order valence-corrected chi connectivity index (χ4v) is 2.67. The van der Waals surface area contributed by atoms with Crippen molar-refractivity contribution >= 4 is 0 Å². The van der Waals surface area contributed by atoms with Crippen LogP contribution in [0, 0.1) is 0 Å². The van der Waals surface area contributed by atoms with Crippen molar-refractivity contribution in [1.82, 2.24) is 5.32 Å². The Morgan fingerprint density at radius 1 is 1.17 bits per heavy atom. The highest BCUT2D eigenvalue weighted by molar-refractivity contribution is 5.05. The molecular formula is C10H19NO. The zero-order valence-electron chi connectivity index (χ0n) is 8.15. The molecule has 1 saturated carbocycles. The molecule has 2 aliphatic rings. The van der Waals surface area contributed by atoms with Crippen molar-refractivity contribution in [3.63, 3.8) is 0 Å². The first-order chi connectivity index (χ1) is 5.66. The van der Waals surface area contributed by atoms with Crippen molar-refractivity contribution in [2.75, 3.05) is 13.2 Å². The summed E-state index contributed by atoms with van der Waals surface area (Å²) >= 11 is 0. The molecule has 0 aromatic rings. The zero-order valence-corrected chi connectivity index (χ0v) is 8.15. The second-order valence-corrected chi connectivity index (χ2v) is 4.60. The molecule has 1 spiro atoms. The van der Waals surface area contributed by atoms with Crippen LogP contribution in [0.1, 0.15) is 39.5 Å². The monoisotopic (exact) mass is 169 g/mol. The summed E-state index contributed by atoms with van der Waals surface area (Å²) in [5.41, 5.74) is 0.340. The molecule has 1 aliphatic carbocycles. The standard InChI is InChI=1S/C10H19NO/c1-9(2)10(5-3-4-6-10)12-8-7-11-9/h11H,3-8H2,1-2H3. The van der Waals surface area contributed by atoms with Gasteiger partial charge in [-0.1, -0.05) is 12.8 Å². The second-order valence-electron chi connectivity index (χ2n) is 4.60. The molecule has 2 heteroatoms. The van der Waals surface area contributed by atoms with Crippen LogP contribution in [0.2, 0.25) is 0 Å². The van der Waals surface area contributed by atoms with E-state index in [0.717, 1.165) is 13.2 Å². The Labute approximate surface area is 74.7 Å². The van der Waals surface area contributed by atoms with E-state index in [-0.39, 0.29) is 11.1 Å². The lowest BCUT2D eigenvalue weighted by Gasteiger charge is -2.48. The predicted octanol–water partition coefficient (Wildman–Crippen LogP) is 1.70. The van der Waals surface area contributed by atoms with Gasteiger partial charge in [-0.2, -0.15) is 0 Å². The molecule has 2 nitrogen and oxygen atoms in total. The summed E-state index contributed by atoms with van der Waals surface area (Å²) in [5.74, 6) is 0. The van der Waals surface area contributed by atoms with Crippen LogP contribution in [0.25, 0.3) is 0 Å². The molecule has 0 aromatic carbocycles. The van der Waals surface area contributed by atoms with Gasteiger partial charge >= 0.3 is 0 Å². The Morgan fingerprint density at radius 2 is 1.83 bits per heavy atom. The van der Waals surface area contributed by atoms with Crippen LogP contribution in [-0.4, -0.2) is 24.3 Å².